The van der Waals surface area contributed by atoms with Crippen molar-refractivity contribution in [2.45, 2.75) is 32.8 Å². The van der Waals surface area contributed by atoms with E-state index >= 15 is 0 Å². The molecule has 0 heterocycles. The maximum atomic E-state index is 11.0. The third-order valence-corrected chi connectivity index (χ3v) is 2.32. The summed E-state index contributed by atoms with van der Waals surface area (Å²) in [5.74, 6) is 0.0694. The van der Waals surface area contributed by atoms with E-state index in [-0.39, 0.29) is 5.78 Å². The number of Topliss-reactive ketones (excluding diaryl/α,β-unsaturated/α-hetero) is 1. The van der Waals surface area contributed by atoms with Crippen LogP contribution in [0.4, 0.5) is 0 Å². The average molecular weight is 182 g/mol. The molecule has 1 aliphatic rings. The Balaban J connectivity index is 2.69. The summed E-state index contributed by atoms with van der Waals surface area (Å²) in [4.78, 5) is 15.3. The predicted octanol–water partition coefficient (Wildman–Crippen LogP) is 2.10. The van der Waals surface area contributed by atoms with Crippen molar-refractivity contribution < 1.29 is 14.9 Å². The van der Waals surface area contributed by atoms with Crippen LogP contribution in [-0.2, 0) is 9.68 Å². The fourth-order valence-corrected chi connectivity index (χ4v) is 1.24. The van der Waals surface area contributed by atoms with Gasteiger partial charge in [-0.3, -0.25) is 10.1 Å². The van der Waals surface area contributed by atoms with E-state index in [1.807, 2.05) is 6.08 Å². The zero-order valence-corrected chi connectivity index (χ0v) is 8.13. The van der Waals surface area contributed by atoms with Crippen molar-refractivity contribution in [2.75, 3.05) is 0 Å². The Kier molecular flexibility index (Phi) is 2.68. The molecule has 0 aliphatic heterocycles. The minimum Gasteiger partial charge on any atom is -0.295 e. The Hall–Kier alpha value is -0.930. The van der Waals surface area contributed by atoms with Crippen molar-refractivity contribution in [1.29, 1.82) is 0 Å². The van der Waals surface area contributed by atoms with Crippen LogP contribution in [0.5, 0.6) is 0 Å². The van der Waals surface area contributed by atoms with Gasteiger partial charge in [-0.05, 0) is 31.9 Å². The first-order valence-electron chi connectivity index (χ1n) is 4.21. The van der Waals surface area contributed by atoms with Crippen LogP contribution in [0.15, 0.2) is 23.3 Å². The number of allylic oxidation sites excluding steroid dienone is 3. The van der Waals surface area contributed by atoms with Gasteiger partial charge in [-0.25, -0.2) is 4.89 Å². The summed E-state index contributed by atoms with van der Waals surface area (Å²) in [5.41, 5.74) is 0.980. The molecule has 0 unspecified atom stereocenters. The van der Waals surface area contributed by atoms with E-state index in [0.29, 0.717) is 6.42 Å². The van der Waals surface area contributed by atoms with Crippen LogP contribution in [0.1, 0.15) is 27.2 Å². The second kappa shape index (κ2) is 3.44. The SMILES string of the molecule is CC(=O)C1=CC=C(C(C)(C)OO)C1. The van der Waals surface area contributed by atoms with Crippen LogP contribution in [-0.4, -0.2) is 16.6 Å². The largest absolute Gasteiger partial charge is 0.295 e. The molecular formula is C10H14O3. The minimum absolute atomic E-state index is 0.0694. The van der Waals surface area contributed by atoms with Gasteiger partial charge in [0.25, 0.3) is 0 Å². The Bertz CT molecular complexity index is 285. The normalized spacial score (nSPS) is 16.9. The highest BCUT2D eigenvalue weighted by molar-refractivity contribution is 5.94. The smallest absolute Gasteiger partial charge is 0.156 e. The molecule has 3 nitrogen and oxygen atoms in total. The van der Waals surface area contributed by atoms with Crippen LogP contribution in [0, 0.1) is 0 Å². The van der Waals surface area contributed by atoms with Crippen LogP contribution in [0.25, 0.3) is 0 Å². The summed E-state index contributed by atoms with van der Waals surface area (Å²) in [6, 6.07) is 0. The highest BCUT2D eigenvalue weighted by atomic mass is 17.1. The molecule has 1 N–H and O–H groups in total. The number of carbonyl (C=O) groups is 1. The molecule has 0 fully saturated rings. The van der Waals surface area contributed by atoms with Gasteiger partial charge in [-0.15, -0.1) is 0 Å². The molecule has 13 heavy (non-hydrogen) atoms. The molecule has 72 valence electrons. The molecule has 0 aromatic rings. The second-order valence-electron chi connectivity index (χ2n) is 3.72. The van der Waals surface area contributed by atoms with Gasteiger partial charge in [0.2, 0.25) is 0 Å². The lowest BCUT2D eigenvalue weighted by Gasteiger charge is -2.22. The van der Waals surface area contributed by atoms with E-state index in [0.717, 1.165) is 11.1 Å². The third-order valence-electron chi connectivity index (χ3n) is 2.32. The molecular weight excluding hydrogens is 168 g/mol. The van der Waals surface area contributed by atoms with E-state index < -0.39 is 5.60 Å². The lowest BCUT2D eigenvalue weighted by atomic mass is 9.95. The number of ketones is 1. The van der Waals surface area contributed by atoms with Crippen molar-refractivity contribution in [2.24, 2.45) is 0 Å². The van der Waals surface area contributed by atoms with Crippen LogP contribution in [0.3, 0.4) is 0 Å². The number of carbonyl (C=O) groups excluding carboxylic acids is 1. The monoisotopic (exact) mass is 182 g/mol. The molecule has 0 aromatic heterocycles. The molecule has 0 radical (unpaired) electrons. The van der Waals surface area contributed by atoms with Crippen LogP contribution < -0.4 is 0 Å². The molecule has 0 bridgehead atoms. The highest BCUT2D eigenvalue weighted by Gasteiger charge is 2.27. The van der Waals surface area contributed by atoms with Gasteiger partial charge in [0.05, 0.1) is 0 Å². The summed E-state index contributed by atoms with van der Waals surface area (Å²) in [5, 5.41) is 8.63. The van der Waals surface area contributed by atoms with Gasteiger partial charge in [0.1, 0.15) is 5.60 Å². The van der Waals surface area contributed by atoms with E-state index in [4.69, 9.17) is 5.26 Å². The van der Waals surface area contributed by atoms with Crippen molar-refractivity contribution in [3.05, 3.63) is 23.3 Å². The van der Waals surface area contributed by atoms with Gasteiger partial charge >= 0.3 is 0 Å². The molecule has 0 atom stereocenters. The lowest BCUT2D eigenvalue weighted by Crippen LogP contribution is -2.25. The van der Waals surface area contributed by atoms with Crippen LogP contribution in [0.2, 0.25) is 0 Å². The summed E-state index contributed by atoms with van der Waals surface area (Å²) in [6.07, 6.45) is 4.17. The quantitative estimate of drug-likeness (QED) is 0.537. The van der Waals surface area contributed by atoms with Crippen molar-refractivity contribution in [3.63, 3.8) is 0 Å². The Morgan fingerprint density at radius 1 is 1.54 bits per heavy atom. The Morgan fingerprint density at radius 3 is 2.54 bits per heavy atom. The Labute approximate surface area is 77.6 Å². The summed E-state index contributed by atoms with van der Waals surface area (Å²) in [7, 11) is 0. The first-order chi connectivity index (χ1) is 5.97. The summed E-state index contributed by atoms with van der Waals surface area (Å²) in [6.45, 7) is 5.06. The molecule has 0 aromatic carbocycles. The van der Waals surface area contributed by atoms with Crippen molar-refractivity contribution >= 4 is 5.78 Å². The maximum Gasteiger partial charge on any atom is 0.156 e. The second-order valence-corrected chi connectivity index (χ2v) is 3.72. The van der Waals surface area contributed by atoms with E-state index in [1.165, 1.54) is 6.92 Å². The van der Waals surface area contributed by atoms with Crippen LogP contribution >= 0.6 is 0 Å². The molecule has 3 heteroatoms. The maximum absolute atomic E-state index is 11.0. The fourth-order valence-electron chi connectivity index (χ4n) is 1.24. The zero-order chi connectivity index (χ0) is 10.1. The molecule has 1 rings (SSSR count). The van der Waals surface area contributed by atoms with Gasteiger partial charge in [-0.1, -0.05) is 12.2 Å². The van der Waals surface area contributed by atoms with E-state index in [9.17, 15) is 4.79 Å². The first kappa shape index (κ1) is 10.2. The van der Waals surface area contributed by atoms with E-state index in [2.05, 4.69) is 4.89 Å². The molecule has 0 saturated heterocycles. The minimum atomic E-state index is -0.701. The highest BCUT2D eigenvalue weighted by Crippen LogP contribution is 2.30. The predicted molar refractivity (Wildman–Crippen MR) is 49.3 cm³/mol. The number of rotatable bonds is 3. The lowest BCUT2D eigenvalue weighted by molar-refractivity contribution is -0.300. The molecule has 0 saturated carbocycles. The molecule has 0 spiro atoms. The van der Waals surface area contributed by atoms with Gasteiger partial charge in [0.15, 0.2) is 5.78 Å². The fraction of sp³-hybridized carbons (Fsp3) is 0.500. The number of hydrogen-bond donors (Lipinski definition) is 1. The topological polar surface area (TPSA) is 46.5 Å². The summed E-state index contributed by atoms with van der Waals surface area (Å²) < 4.78 is 0. The molecule has 0 amide bonds. The standard InChI is InChI=1S/C10H14O3/c1-7(11)8-4-5-9(6-8)10(2,3)13-12/h4-5,12H,6H2,1-3H3. The van der Waals surface area contributed by atoms with E-state index in [1.54, 1.807) is 19.9 Å². The summed E-state index contributed by atoms with van der Waals surface area (Å²) >= 11 is 0. The first-order valence-corrected chi connectivity index (χ1v) is 4.21. The van der Waals surface area contributed by atoms with Gasteiger partial charge in [-0.2, -0.15) is 0 Å². The van der Waals surface area contributed by atoms with Crippen molar-refractivity contribution in [1.82, 2.24) is 0 Å². The van der Waals surface area contributed by atoms with Crippen molar-refractivity contribution in [3.8, 4) is 0 Å². The Morgan fingerprint density at radius 2 is 2.15 bits per heavy atom. The van der Waals surface area contributed by atoms with Gasteiger partial charge < -0.3 is 0 Å². The zero-order valence-electron chi connectivity index (χ0n) is 8.13. The number of hydrogen-bond acceptors (Lipinski definition) is 3. The van der Waals surface area contributed by atoms with Gasteiger partial charge in [0, 0.05) is 6.42 Å². The molecule has 1 aliphatic carbocycles. The average Bonchev–Trinajstić information content (AvgIpc) is 2.52. The third kappa shape index (κ3) is 2.05.